The van der Waals surface area contributed by atoms with E-state index in [1.807, 2.05) is 12.1 Å². The molecule has 1 aliphatic carbocycles. The van der Waals surface area contributed by atoms with E-state index in [4.69, 9.17) is 0 Å². The van der Waals surface area contributed by atoms with Gasteiger partial charge in [-0.15, -0.1) is 0 Å². The highest BCUT2D eigenvalue weighted by molar-refractivity contribution is 5.91. The van der Waals surface area contributed by atoms with Crippen LogP contribution in [0.15, 0.2) is 30.6 Å². The molecule has 0 radical (unpaired) electrons. The van der Waals surface area contributed by atoms with Crippen molar-refractivity contribution in [3.63, 3.8) is 0 Å². The van der Waals surface area contributed by atoms with Crippen LogP contribution in [-0.4, -0.2) is 41.5 Å². The first-order chi connectivity index (χ1) is 10.6. The summed E-state index contributed by atoms with van der Waals surface area (Å²) >= 11 is 0. The van der Waals surface area contributed by atoms with Crippen LogP contribution in [0, 0.1) is 17.8 Å². The highest BCUT2D eigenvalue weighted by Crippen LogP contribution is 2.53. The van der Waals surface area contributed by atoms with Gasteiger partial charge in [-0.2, -0.15) is 0 Å². The first-order valence-corrected chi connectivity index (χ1v) is 8.25. The van der Waals surface area contributed by atoms with Crippen LogP contribution in [0.4, 0.5) is 0 Å². The van der Waals surface area contributed by atoms with Crippen LogP contribution in [0.3, 0.4) is 0 Å². The fourth-order valence-corrected chi connectivity index (χ4v) is 3.60. The number of amides is 1. The number of nitrogens with zero attached hydrogens (tertiary/aromatic N) is 2. The van der Waals surface area contributed by atoms with E-state index < -0.39 is 0 Å². The Bertz CT molecular complexity index is 529. The molecule has 3 rings (SSSR count). The Labute approximate surface area is 132 Å². The van der Waals surface area contributed by atoms with E-state index in [1.165, 1.54) is 13.1 Å². The average molecular weight is 299 g/mol. The molecule has 1 aromatic heterocycles. The molecule has 2 heterocycles. The zero-order valence-electron chi connectivity index (χ0n) is 13.4. The molecular weight excluding hydrogens is 274 g/mol. The Kier molecular flexibility index (Phi) is 4.57. The van der Waals surface area contributed by atoms with E-state index in [0.29, 0.717) is 6.04 Å². The van der Waals surface area contributed by atoms with E-state index in [0.717, 1.165) is 36.3 Å². The van der Waals surface area contributed by atoms with Crippen molar-refractivity contribution in [3.05, 3.63) is 36.2 Å². The van der Waals surface area contributed by atoms with Crippen LogP contribution in [0.1, 0.15) is 25.8 Å². The Hall–Kier alpha value is -1.68. The van der Waals surface area contributed by atoms with Gasteiger partial charge >= 0.3 is 0 Å². The molecule has 2 aliphatic rings. The number of carbonyl (C=O) groups is 1. The molecule has 4 heteroatoms. The number of fused-ring (bicyclic) bond motifs is 1. The maximum Gasteiger partial charge on any atom is 0.244 e. The van der Waals surface area contributed by atoms with Crippen molar-refractivity contribution in [1.29, 1.82) is 0 Å². The minimum Gasteiger partial charge on any atom is -0.353 e. The van der Waals surface area contributed by atoms with Crippen molar-refractivity contribution in [2.24, 2.45) is 17.8 Å². The molecule has 22 heavy (non-hydrogen) atoms. The lowest BCUT2D eigenvalue weighted by Gasteiger charge is -2.23. The van der Waals surface area contributed by atoms with Crippen molar-refractivity contribution in [3.8, 4) is 0 Å². The summed E-state index contributed by atoms with van der Waals surface area (Å²) in [7, 11) is 0. The van der Waals surface area contributed by atoms with Crippen molar-refractivity contribution in [2.45, 2.75) is 26.3 Å². The van der Waals surface area contributed by atoms with Gasteiger partial charge in [-0.1, -0.05) is 6.07 Å². The summed E-state index contributed by atoms with van der Waals surface area (Å²) in [4.78, 5) is 18.4. The molecule has 1 N–H and O–H groups in total. The number of hydrogen-bond donors (Lipinski definition) is 1. The first-order valence-electron chi connectivity index (χ1n) is 8.25. The highest BCUT2D eigenvalue weighted by Gasteiger charge is 2.54. The van der Waals surface area contributed by atoms with Gasteiger partial charge in [-0.05, 0) is 55.7 Å². The van der Waals surface area contributed by atoms with Gasteiger partial charge in [0.25, 0.3) is 0 Å². The number of hydrogen-bond acceptors (Lipinski definition) is 3. The lowest BCUT2D eigenvalue weighted by Crippen LogP contribution is -2.31. The third kappa shape index (κ3) is 3.55. The summed E-state index contributed by atoms with van der Waals surface area (Å²) in [6.45, 7) is 7.84. The van der Waals surface area contributed by atoms with Gasteiger partial charge in [-0.3, -0.25) is 9.78 Å². The Morgan fingerprint density at radius 3 is 2.86 bits per heavy atom. The molecule has 118 valence electrons. The third-order valence-corrected chi connectivity index (χ3v) is 5.02. The fourth-order valence-electron chi connectivity index (χ4n) is 3.60. The minimum atomic E-state index is -0.0153. The van der Waals surface area contributed by atoms with Crippen molar-refractivity contribution >= 4 is 12.0 Å². The number of pyridine rings is 1. The molecule has 0 aromatic carbocycles. The number of rotatable bonds is 6. The minimum absolute atomic E-state index is 0.0153. The molecular formula is C18H25N3O. The zero-order valence-corrected chi connectivity index (χ0v) is 13.4. The summed E-state index contributed by atoms with van der Waals surface area (Å²) in [5.41, 5.74) is 0.947. The summed E-state index contributed by atoms with van der Waals surface area (Å²) in [6.07, 6.45) is 7.98. The van der Waals surface area contributed by atoms with Crippen molar-refractivity contribution in [1.82, 2.24) is 15.2 Å². The van der Waals surface area contributed by atoms with Gasteiger partial charge in [0.2, 0.25) is 5.91 Å². The number of piperidine rings is 1. The zero-order chi connectivity index (χ0) is 15.5. The summed E-state index contributed by atoms with van der Waals surface area (Å²) in [6, 6.07) is 4.47. The topological polar surface area (TPSA) is 45.2 Å². The average Bonchev–Trinajstić information content (AvgIpc) is 2.96. The standard InChI is InChI=1S/C18H25N3O/c1-13(2)21-11-16-15(17(16)12-21)7-9-20-18(22)6-5-14-4-3-8-19-10-14/h3-6,8,10,13,15-17H,7,9,11-12H2,1-2H3,(H,20,22)/b6-5+. The van der Waals surface area contributed by atoms with E-state index >= 15 is 0 Å². The van der Waals surface area contributed by atoms with E-state index in [-0.39, 0.29) is 5.91 Å². The van der Waals surface area contributed by atoms with Crippen LogP contribution in [0.2, 0.25) is 0 Å². The highest BCUT2D eigenvalue weighted by atomic mass is 16.1. The van der Waals surface area contributed by atoms with Crippen LogP contribution in [0.5, 0.6) is 0 Å². The van der Waals surface area contributed by atoms with E-state index in [2.05, 4.69) is 29.0 Å². The fraction of sp³-hybridized carbons (Fsp3) is 0.556. The van der Waals surface area contributed by atoms with Crippen LogP contribution < -0.4 is 5.32 Å². The Morgan fingerprint density at radius 1 is 1.45 bits per heavy atom. The predicted molar refractivity (Wildman–Crippen MR) is 88.1 cm³/mol. The number of nitrogens with one attached hydrogen (secondary N) is 1. The van der Waals surface area contributed by atoms with Gasteiger partial charge in [0, 0.05) is 44.1 Å². The van der Waals surface area contributed by atoms with Crippen molar-refractivity contribution in [2.75, 3.05) is 19.6 Å². The normalized spacial score (nSPS) is 27.3. The molecule has 2 atom stereocenters. The molecule has 1 aliphatic heterocycles. The summed E-state index contributed by atoms with van der Waals surface area (Å²) in [5.74, 6) is 2.58. The number of carbonyl (C=O) groups excluding carboxylic acids is 1. The quantitative estimate of drug-likeness (QED) is 0.819. The second kappa shape index (κ2) is 6.61. The molecule has 4 nitrogen and oxygen atoms in total. The lowest BCUT2D eigenvalue weighted by atomic mass is 10.1. The molecule has 2 fully saturated rings. The SMILES string of the molecule is CC(C)N1CC2C(CCNC(=O)/C=C/c3cccnc3)C2C1. The van der Waals surface area contributed by atoms with E-state index in [1.54, 1.807) is 24.5 Å². The van der Waals surface area contributed by atoms with Gasteiger partial charge in [0.05, 0.1) is 0 Å². The first kappa shape index (κ1) is 15.2. The lowest BCUT2D eigenvalue weighted by molar-refractivity contribution is -0.116. The third-order valence-electron chi connectivity index (χ3n) is 5.02. The molecule has 1 amide bonds. The van der Waals surface area contributed by atoms with Crippen LogP contribution in [-0.2, 0) is 4.79 Å². The second-order valence-electron chi connectivity index (χ2n) is 6.74. The van der Waals surface area contributed by atoms with Crippen molar-refractivity contribution < 1.29 is 4.79 Å². The Morgan fingerprint density at radius 2 is 2.23 bits per heavy atom. The van der Waals surface area contributed by atoms with Gasteiger partial charge in [0.15, 0.2) is 0 Å². The molecule has 0 spiro atoms. The van der Waals surface area contributed by atoms with Gasteiger partial charge in [0.1, 0.15) is 0 Å². The molecule has 1 aromatic rings. The van der Waals surface area contributed by atoms with Gasteiger partial charge < -0.3 is 10.2 Å². The number of likely N-dealkylation sites (tertiary alicyclic amines) is 1. The molecule has 1 saturated carbocycles. The largest absolute Gasteiger partial charge is 0.353 e. The predicted octanol–water partition coefficient (Wildman–Crippen LogP) is 2.19. The second-order valence-corrected chi connectivity index (χ2v) is 6.74. The van der Waals surface area contributed by atoms with E-state index in [9.17, 15) is 4.79 Å². The van der Waals surface area contributed by atoms with Crippen LogP contribution in [0.25, 0.3) is 6.08 Å². The monoisotopic (exact) mass is 299 g/mol. The molecule has 1 saturated heterocycles. The van der Waals surface area contributed by atoms with Gasteiger partial charge in [-0.25, -0.2) is 0 Å². The Balaban J connectivity index is 1.33. The summed E-state index contributed by atoms with van der Waals surface area (Å²) in [5, 5.41) is 2.99. The summed E-state index contributed by atoms with van der Waals surface area (Å²) < 4.78 is 0. The molecule has 0 bridgehead atoms. The smallest absolute Gasteiger partial charge is 0.244 e. The number of aromatic nitrogens is 1. The maximum absolute atomic E-state index is 11.8. The maximum atomic E-state index is 11.8. The van der Waals surface area contributed by atoms with Crippen LogP contribution >= 0.6 is 0 Å². The molecule has 2 unspecified atom stereocenters.